The first-order valence-electron chi connectivity index (χ1n) is 11.6. The molecule has 1 aromatic carbocycles. The molecule has 3 rings (SSSR count). The zero-order valence-electron chi connectivity index (χ0n) is 22.8. The van der Waals surface area contributed by atoms with Crippen LogP contribution in [0, 0.1) is 0 Å². The van der Waals surface area contributed by atoms with Gasteiger partial charge in [-0.15, -0.1) is 0 Å². The van der Waals surface area contributed by atoms with Crippen molar-refractivity contribution in [3.8, 4) is 17.2 Å². The second-order valence-corrected chi connectivity index (χ2v) is 5.51. The summed E-state index contributed by atoms with van der Waals surface area (Å²) in [7, 11) is -2.19. The first-order valence-corrected chi connectivity index (χ1v) is 7.77. The molecular weight excluding hydrogens is 368 g/mol. The molecule has 1 N–H and O–H groups in total. The zero-order chi connectivity index (χ0) is 27.3. The third kappa shape index (κ3) is 3.81. The molecule has 26 heavy (non-hydrogen) atoms. The Morgan fingerprint density at radius 2 is 2.27 bits per heavy atom. The molecule has 0 aliphatic carbocycles. The van der Waals surface area contributed by atoms with Crippen LogP contribution < -0.4 is 14.2 Å². The van der Waals surface area contributed by atoms with Gasteiger partial charge in [-0.3, -0.25) is 9.97 Å². The Balaban J connectivity index is 2.21. The smallest absolute Gasteiger partial charge is 0.387 e. The van der Waals surface area contributed by atoms with Gasteiger partial charge in [0, 0.05) is 29.4 Å². The summed E-state index contributed by atoms with van der Waals surface area (Å²) < 4.78 is 131. The quantitative estimate of drug-likeness (QED) is 0.621. The number of fused-ring (bicyclic) bond motifs is 1. The van der Waals surface area contributed by atoms with Crippen LogP contribution in [0.3, 0.4) is 0 Å². The fourth-order valence-corrected chi connectivity index (χ4v) is 2.60. The summed E-state index contributed by atoms with van der Waals surface area (Å²) in [6, 6.07) is -3.27. The molecule has 3 aromatic rings. The van der Waals surface area contributed by atoms with Crippen molar-refractivity contribution in [2.45, 2.75) is 17.5 Å². The SMILES string of the molecule is [2H]c1nc(C([2H])([2H])[S+]([O-])c2nc3c([2H])c([2H])c(OC(F)F)c([2H])c3[nH]2)c(OC([2H])([2H])[2H])c(OC)c1[2H]. The van der Waals surface area contributed by atoms with Gasteiger partial charge in [-0.25, -0.2) is 0 Å². The zero-order valence-corrected chi connectivity index (χ0v) is 13.6. The summed E-state index contributed by atoms with van der Waals surface area (Å²) in [5.74, 6) is -2.55. The molecule has 0 radical (unpaired) electrons. The fraction of sp³-hybridized carbons (Fsp3) is 0.250. The highest BCUT2D eigenvalue weighted by atomic mass is 32.2. The molecule has 2 heterocycles. The van der Waals surface area contributed by atoms with Crippen LogP contribution in [0.2, 0.25) is 0 Å². The van der Waals surface area contributed by atoms with Crippen molar-refractivity contribution in [1.29, 1.82) is 0 Å². The van der Waals surface area contributed by atoms with Crippen molar-refractivity contribution in [2.75, 3.05) is 14.1 Å². The normalized spacial score (nSPS) is 19.0. The Labute approximate surface area is 164 Å². The van der Waals surface area contributed by atoms with Gasteiger partial charge in [-0.1, -0.05) is 0 Å². The second kappa shape index (κ2) is 7.75. The minimum absolute atomic E-state index is 0.460. The molecule has 0 saturated heterocycles. The van der Waals surface area contributed by atoms with Crippen LogP contribution in [0.5, 0.6) is 17.2 Å². The van der Waals surface area contributed by atoms with Crippen LogP contribution in [0.1, 0.15) is 19.4 Å². The van der Waals surface area contributed by atoms with E-state index >= 15 is 0 Å². The second-order valence-electron chi connectivity index (χ2n) is 4.38. The summed E-state index contributed by atoms with van der Waals surface area (Å²) in [5.41, 5.74) is -5.10. The van der Waals surface area contributed by atoms with Crippen molar-refractivity contribution in [1.82, 2.24) is 15.0 Å². The van der Waals surface area contributed by atoms with Gasteiger partial charge in [0.15, 0.2) is 17.2 Å². The maximum atomic E-state index is 13.3. The lowest BCUT2D eigenvalue weighted by molar-refractivity contribution is -0.0497. The van der Waals surface area contributed by atoms with Gasteiger partial charge in [0.2, 0.25) is 0 Å². The van der Waals surface area contributed by atoms with E-state index < -0.39 is 100 Å². The van der Waals surface area contributed by atoms with Gasteiger partial charge in [0.1, 0.15) is 11.4 Å². The van der Waals surface area contributed by atoms with Gasteiger partial charge >= 0.3 is 11.8 Å². The van der Waals surface area contributed by atoms with Crippen molar-refractivity contribution >= 4 is 22.2 Å². The van der Waals surface area contributed by atoms with E-state index in [0.717, 1.165) is 7.11 Å². The highest BCUT2D eigenvalue weighted by molar-refractivity contribution is 7.90. The number of aromatic amines is 1. The van der Waals surface area contributed by atoms with Gasteiger partial charge < -0.3 is 18.8 Å². The predicted molar refractivity (Wildman–Crippen MR) is 90.2 cm³/mol. The Kier molecular flexibility index (Phi) is 2.79. The van der Waals surface area contributed by atoms with Crippen LogP contribution in [-0.4, -0.2) is 40.3 Å². The molecule has 1 unspecified atom stereocenters. The van der Waals surface area contributed by atoms with Crippen molar-refractivity contribution in [2.24, 2.45) is 0 Å². The Bertz CT molecular complexity index is 1320. The van der Waals surface area contributed by atoms with Crippen LogP contribution in [0.4, 0.5) is 8.78 Å². The average Bonchev–Trinajstić information content (AvgIpc) is 3.21. The molecule has 0 fully saturated rings. The average molecular weight is 393 g/mol. The maximum Gasteiger partial charge on any atom is 0.387 e. The van der Waals surface area contributed by atoms with Crippen molar-refractivity contribution in [3.63, 3.8) is 0 Å². The lowest BCUT2D eigenvalue weighted by Crippen LogP contribution is -2.10. The lowest BCUT2D eigenvalue weighted by Gasteiger charge is -2.12. The van der Waals surface area contributed by atoms with Crippen molar-refractivity contribution < 1.29 is 41.3 Å². The number of benzene rings is 1. The number of H-pyrrole nitrogens is 1. The Hall–Kier alpha value is -2.59. The number of halogens is 2. The van der Waals surface area contributed by atoms with Gasteiger partial charge in [0.05, 0.1) is 38.9 Å². The number of imidazole rings is 1. The van der Waals surface area contributed by atoms with E-state index in [-0.39, 0.29) is 0 Å². The van der Waals surface area contributed by atoms with E-state index in [4.69, 9.17) is 23.2 Å². The highest BCUT2D eigenvalue weighted by Gasteiger charge is 2.22. The number of nitrogens with zero attached hydrogens (tertiary/aromatic N) is 2. The topological polar surface area (TPSA) is 92.3 Å². The number of alkyl halides is 2. The number of pyridine rings is 1. The maximum absolute atomic E-state index is 13.3. The predicted octanol–water partition coefficient (Wildman–Crippen LogP) is 2.88. The first-order chi connectivity index (χ1) is 16.5. The van der Waals surface area contributed by atoms with Gasteiger partial charge in [0.25, 0.3) is 0 Å². The number of nitrogens with one attached hydrogen (secondary N) is 1. The molecule has 0 bridgehead atoms. The molecule has 0 aliphatic rings. The van der Waals surface area contributed by atoms with E-state index in [1.54, 1.807) is 0 Å². The van der Waals surface area contributed by atoms with Gasteiger partial charge in [-0.2, -0.15) is 13.8 Å². The Morgan fingerprint density at radius 1 is 1.42 bits per heavy atom. The van der Waals surface area contributed by atoms with Crippen molar-refractivity contribution in [3.05, 3.63) is 36.0 Å². The molecule has 0 aliphatic heterocycles. The number of aromatic nitrogens is 3. The van der Waals surface area contributed by atoms with Crippen LogP contribution in [-0.2, 0) is 16.9 Å². The summed E-state index contributed by atoms with van der Waals surface area (Å²) in [5, 5.41) is -0.743. The molecule has 0 amide bonds. The first kappa shape index (κ1) is 9.38. The number of rotatable bonds is 7. The van der Waals surface area contributed by atoms with Crippen LogP contribution >= 0.6 is 0 Å². The third-order valence-corrected chi connectivity index (χ3v) is 3.77. The van der Waals surface area contributed by atoms with E-state index in [1.165, 1.54) is 0 Å². The lowest BCUT2D eigenvalue weighted by atomic mass is 10.3. The van der Waals surface area contributed by atoms with Crippen LogP contribution in [0.15, 0.2) is 35.5 Å². The van der Waals surface area contributed by atoms with E-state index in [0.29, 0.717) is 0 Å². The molecule has 138 valence electrons. The number of methoxy groups -OCH3 is 2. The molecular formula is C16H15F2N3O4S. The van der Waals surface area contributed by atoms with Gasteiger partial charge in [-0.05, 0) is 12.1 Å². The number of hydrogen-bond donors (Lipinski definition) is 1. The molecule has 1 atom stereocenters. The number of ether oxygens (including phenoxy) is 3. The summed E-state index contributed by atoms with van der Waals surface area (Å²) in [6.45, 7) is -3.42. The fourth-order valence-electron chi connectivity index (χ4n) is 1.82. The van der Waals surface area contributed by atoms with E-state index in [1.807, 2.05) is 0 Å². The molecule has 2 aromatic heterocycles. The van der Waals surface area contributed by atoms with Crippen LogP contribution in [0.25, 0.3) is 11.0 Å². The molecule has 0 saturated carbocycles. The monoisotopic (exact) mass is 393 g/mol. The largest absolute Gasteiger partial charge is 0.609 e. The Morgan fingerprint density at radius 3 is 3.00 bits per heavy atom. The molecule has 10 heteroatoms. The minimum Gasteiger partial charge on any atom is -0.609 e. The standard InChI is InChI=1S/C16H15F2N3O4S/c1-23-13-5-6-19-12(14(13)24-2)8-26(22)16-20-10-4-3-9(25-15(17)18)7-11(10)21-16/h3-7,15H,8H2,1-2H3,(H,20,21)/i2D3,3D,4D,5D,6D,7D,8D2. The molecule has 0 spiro atoms. The summed E-state index contributed by atoms with van der Waals surface area (Å²) in [6.07, 6.45) is -0.861. The number of hydrogen-bond acceptors (Lipinski definition) is 6. The highest BCUT2D eigenvalue weighted by Crippen LogP contribution is 2.31. The third-order valence-electron chi connectivity index (χ3n) is 2.85. The molecule has 7 nitrogen and oxygen atoms in total. The van der Waals surface area contributed by atoms with E-state index in [9.17, 15) is 13.3 Å². The summed E-state index contributed by atoms with van der Waals surface area (Å²) in [4.78, 5) is 9.59. The summed E-state index contributed by atoms with van der Waals surface area (Å²) >= 11 is -2.96. The van der Waals surface area contributed by atoms with E-state index in [2.05, 4.69) is 19.7 Å². The minimum atomic E-state index is -3.42.